The number of carbonyl (C=O) groups excluding carboxylic acids is 1. The second kappa shape index (κ2) is 6.18. The van der Waals surface area contributed by atoms with Crippen LogP contribution in [0, 0.1) is 0 Å². The monoisotopic (exact) mass is 327 g/mol. The van der Waals surface area contributed by atoms with Crippen LogP contribution >= 0.6 is 15.9 Å². The van der Waals surface area contributed by atoms with E-state index in [0.717, 1.165) is 23.1 Å². The Bertz CT molecular complexity index is 461. The van der Waals surface area contributed by atoms with Gasteiger partial charge >= 0.3 is 0 Å². The van der Waals surface area contributed by atoms with Crippen LogP contribution in [0.25, 0.3) is 0 Å². The summed E-state index contributed by atoms with van der Waals surface area (Å²) >= 11 is 3.45. The summed E-state index contributed by atoms with van der Waals surface area (Å²) in [6.45, 7) is 0.184. The van der Waals surface area contributed by atoms with Crippen LogP contribution in [0.4, 0.5) is 11.8 Å². The Balaban J connectivity index is 2.33. The maximum Gasteiger partial charge on any atom is 0.237 e. The molecule has 0 atom stereocenters. The maximum atomic E-state index is 11.3. The molecule has 0 unspecified atom stereocenters. The SMILES string of the molecule is CNc1ncc(Br)c(N(CC(N)=O)C2CCCC2)n1. The molecule has 19 heavy (non-hydrogen) atoms. The second-order valence-corrected chi connectivity index (χ2v) is 5.50. The Morgan fingerprint density at radius 2 is 2.26 bits per heavy atom. The number of aromatic nitrogens is 2. The van der Waals surface area contributed by atoms with Crippen molar-refractivity contribution in [3.05, 3.63) is 10.7 Å². The molecule has 0 bridgehead atoms. The Hall–Kier alpha value is -1.37. The molecule has 1 aliphatic carbocycles. The summed E-state index contributed by atoms with van der Waals surface area (Å²) in [5.41, 5.74) is 5.36. The fourth-order valence-electron chi connectivity index (χ4n) is 2.44. The fraction of sp³-hybridized carbons (Fsp3) is 0.583. The lowest BCUT2D eigenvalue weighted by atomic mass is 10.2. The molecule has 1 amide bonds. The van der Waals surface area contributed by atoms with Crippen LogP contribution in [0.2, 0.25) is 0 Å². The van der Waals surface area contributed by atoms with Crippen molar-refractivity contribution in [2.24, 2.45) is 5.73 Å². The maximum absolute atomic E-state index is 11.3. The van der Waals surface area contributed by atoms with E-state index in [1.54, 1.807) is 13.2 Å². The number of anilines is 2. The number of hydrogen-bond acceptors (Lipinski definition) is 5. The Morgan fingerprint density at radius 1 is 1.58 bits per heavy atom. The summed E-state index contributed by atoms with van der Waals surface area (Å²) < 4.78 is 0.777. The lowest BCUT2D eigenvalue weighted by molar-refractivity contribution is -0.116. The van der Waals surface area contributed by atoms with Gasteiger partial charge in [0.2, 0.25) is 11.9 Å². The average molecular weight is 328 g/mol. The summed E-state index contributed by atoms with van der Waals surface area (Å²) in [5, 5.41) is 2.91. The van der Waals surface area contributed by atoms with Gasteiger partial charge in [-0.15, -0.1) is 0 Å². The first-order chi connectivity index (χ1) is 9.11. The van der Waals surface area contributed by atoms with Crippen molar-refractivity contribution in [2.75, 3.05) is 23.8 Å². The standard InChI is InChI=1S/C12H18BrN5O/c1-15-12-16-6-9(13)11(17-12)18(7-10(14)19)8-4-2-3-5-8/h6,8H,2-5,7H2,1H3,(H2,14,19)(H,15,16,17). The molecule has 3 N–H and O–H groups in total. The molecule has 0 saturated heterocycles. The fourth-order valence-corrected chi connectivity index (χ4v) is 2.86. The van der Waals surface area contributed by atoms with Gasteiger partial charge in [0.05, 0.1) is 11.0 Å². The summed E-state index contributed by atoms with van der Waals surface area (Å²) in [7, 11) is 1.76. The Kier molecular flexibility index (Phi) is 4.57. The molecule has 1 aromatic rings. The van der Waals surface area contributed by atoms with Crippen molar-refractivity contribution in [1.29, 1.82) is 0 Å². The molecule has 104 valence electrons. The van der Waals surface area contributed by atoms with Crippen molar-refractivity contribution in [3.8, 4) is 0 Å². The van der Waals surface area contributed by atoms with E-state index < -0.39 is 0 Å². The lowest BCUT2D eigenvalue weighted by Gasteiger charge is -2.29. The molecule has 0 radical (unpaired) electrons. The van der Waals surface area contributed by atoms with E-state index in [4.69, 9.17) is 5.73 Å². The summed E-state index contributed by atoms with van der Waals surface area (Å²) in [6, 6.07) is 0.323. The number of hydrogen-bond donors (Lipinski definition) is 2. The zero-order valence-electron chi connectivity index (χ0n) is 10.9. The van der Waals surface area contributed by atoms with Crippen LogP contribution in [0.5, 0.6) is 0 Å². The molecular weight excluding hydrogens is 310 g/mol. The number of rotatable bonds is 5. The van der Waals surface area contributed by atoms with E-state index in [2.05, 4.69) is 31.2 Å². The molecule has 2 rings (SSSR count). The highest BCUT2D eigenvalue weighted by atomic mass is 79.9. The molecule has 1 fully saturated rings. The van der Waals surface area contributed by atoms with E-state index >= 15 is 0 Å². The molecule has 0 spiro atoms. The van der Waals surface area contributed by atoms with Crippen LogP contribution in [0.15, 0.2) is 10.7 Å². The van der Waals surface area contributed by atoms with Gasteiger partial charge in [-0.1, -0.05) is 12.8 Å². The number of halogens is 1. The van der Waals surface area contributed by atoms with Crippen molar-refractivity contribution in [2.45, 2.75) is 31.7 Å². The minimum atomic E-state index is -0.344. The van der Waals surface area contributed by atoms with Gasteiger partial charge in [0.25, 0.3) is 0 Å². The number of primary amides is 1. The minimum Gasteiger partial charge on any atom is -0.368 e. The Morgan fingerprint density at radius 3 is 2.84 bits per heavy atom. The minimum absolute atomic E-state index is 0.184. The van der Waals surface area contributed by atoms with Crippen molar-refractivity contribution in [1.82, 2.24) is 9.97 Å². The molecule has 1 saturated carbocycles. The van der Waals surface area contributed by atoms with Crippen molar-refractivity contribution in [3.63, 3.8) is 0 Å². The van der Waals surface area contributed by atoms with Gasteiger partial charge in [0.15, 0.2) is 0 Å². The number of amides is 1. The highest BCUT2D eigenvalue weighted by Crippen LogP contribution is 2.31. The zero-order valence-corrected chi connectivity index (χ0v) is 12.5. The van der Waals surface area contributed by atoms with Gasteiger partial charge in [-0.3, -0.25) is 4.79 Å². The van der Waals surface area contributed by atoms with Gasteiger partial charge in [0.1, 0.15) is 5.82 Å². The molecule has 0 aliphatic heterocycles. The molecule has 1 heterocycles. The second-order valence-electron chi connectivity index (χ2n) is 4.65. The van der Waals surface area contributed by atoms with E-state index in [1.807, 2.05) is 4.90 Å². The zero-order chi connectivity index (χ0) is 13.8. The van der Waals surface area contributed by atoms with E-state index in [1.165, 1.54) is 12.8 Å². The Labute approximate surface area is 120 Å². The third-order valence-corrected chi connectivity index (χ3v) is 3.87. The van der Waals surface area contributed by atoms with E-state index in [0.29, 0.717) is 12.0 Å². The normalized spacial score (nSPS) is 15.5. The molecule has 1 aliphatic rings. The third kappa shape index (κ3) is 3.34. The van der Waals surface area contributed by atoms with Crippen molar-refractivity contribution >= 4 is 33.6 Å². The van der Waals surface area contributed by atoms with Crippen molar-refractivity contribution < 1.29 is 4.79 Å². The predicted octanol–water partition coefficient (Wildman–Crippen LogP) is 1.52. The largest absolute Gasteiger partial charge is 0.368 e. The van der Waals surface area contributed by atoms with Crippen LogP contribution < -0.4 is 16.0 Å². The highest BCUT2D eigenvalue weighted by molar-refractivity contribution is 9.10. The predicted molar refractivity (Wildman–Crippen MR) is 78.1 cm³/mol. The molecular formula is C12H18BrN5O. The number of nitrogens with two attached hydrogens (primary N) is 1. The summed E-state index contributed by atoms with van der Waals surface area (Å²) in [5.74, 6) is 0.916. The van der Waals surface area contributed by atoms with Gasteiger partial charge < -0.3 is 16.0 Å². The third-order valence-electron chi connectivity index (χ3n) is 3.31. The van der Waals surface area contributed by atoms with Gasteiger partial charge in [0, 0.05) is 19.3 Å². The molecule has 6 nitrogen and oxygen atoms in total. The first-order valence-corrected chi connectivity index (χ1v) is 7.16. The number of nitrogens with zero attached hydrogens (tertiary/aromatic N) is 3. The highest BCUT2D eigenvalue weighted by Gasteiger charge is 2.26. The quantitative estimate of drug-likeness (QED) is 0.856. The number of nitrogens with one attached hydrogen (secondary N) is 1. The smallest absolute Gasteiger partial charge is 0.237 e. The topological polar surface area (TPSA) is 84.1 Å². The first-order valence-electron chi connectivity index (χ1n) is 6.37. The van der Waals surface area contributed by atoms with Gasteiger partial charge in [-0.25, -0.2) is 4.98 Å². The molecule has 7 heteroatoms. The van der Waals surface area contributed by atoms with E-state index in [-0.39, 0.29) is 12.5 Å². The molecule has 1 aromatic heterocycles. The van der Waals surface area contributed by atoms with Crippen LogP contribution in [-0.4, -0.2) is 35.5 Å². The van der Waals surface area contributed by atoms with Crippen LogP contribution in [0.1, 0.15) is 25.7 Å². The average Bonchev–Trinajstić information content (AvgIpc) is 2.90. The van der Waals surface area contributed by atoms with Crippen LogP contribution in [0.3, 0.4) is 0 Å². The summed E-state index contributed by atoms with van der Waals surface area (Å²) in [6.07, 6.45) is 6.19. The van der Waals surface area contributed by atoms with E-state index in [9.17, 15) is 4.79 Å². The molecule has 0 aromatic carbocycles. The van der Waals surface area contributed by atoms with Crippen LogP contribution in [-0.2, 0) is 4.79 Å². The lowest BCUT2D eigenvalue weighted by Crippen LogP contribution is -2.41. The number of carbonyl (C=O) groups is 1. The van der Waals surface area contributed by atoms with Gasteiger partial charge in [-0.2, -0.15) is 4.98 Å². The first kappa shape index (κ1) is 14.0. The van der Waals surface area contributed by atoms with Gasteiger partial charge in [-0.05, 0) is 28.8 Å². The summed E-state index contributed by atoms with van der Waals surface area (Å²) in [4.78, 5) is 21.9.